The Morgan fingerprint density at radius 3 is 2.90 bits per heavy atom. The van der Waals surface area contributed by atoms with E-state index in [1.54, 1.807) is 11.0 Å². The number of carbonyl (C=O) groups is 1. The molecule has 0 spiro atoms. The number of hydrogen-bond acceptors (Lipinski definition) is 4. The van der Waals surface area contributed by atoms with Crippen molar-refractivity contribution in [2.45, 2.75) is 38.9 Å². The molecule has 0 aliphatic carbocycles. The molecule has 6 heteroatoms. The van der Waals surface area contributed by atoms with Gasteiger partial charge in [0.15, 0.2) is 0 Å². The van der Waals surface area contributed by atoms with Crippen LogP contribution in [0.2, 0.25) is 0 Å². The average molecular weight is 277 g/mol. The molecule has 108 valence electrons. The molecule has 0 radical (unpaired) electrons. The maximum atomic E-state index is 12.2. The van der Waals surface area contributed by atoms with E-state index in [0.717, 1.165) is 12.0 Å². The third-order valence-electron chi connectivity index (χ3n) is 3.33. The lowest BCUT2D eigenvalue weighted by molar-refractivity contribution is -0.384. The lowest BCUT2D eigenvalue weighted by Crippen LogP contribution is -2.41. The molecule has 2 rings (SSSR count). The number of amides is 1. The third kappa shape index (κ3) is 3.33. The number of nitro benzene ring substituents is 1. The predicted molar refractivity (Wildman–Crippen MR) is 75.2 cm³/mol. The summed E-state index contributed by atoms with van der Waals surface area (Å²) in [5, 5.41) is 14.0. The van der Waals surface area contributed by atoms with Crippen molar-refractivity contribution in [3.63, 3.8) is 0 Å². The Kier molecular flexibility index (Phi) is 4.34. The molecule has 1 aromatic rings. The van der Waals surface area contributed by atoms with Crippen LogP contribution in [0.4, 0.5) is 5.69 Å². The van der Waals surface area contributed by atoms with Crippen LogP contribution >= 0.6 is 0 Å². The maximum absolute atomic E-state index is 12.2. The largest absolute Gasteiger partial charge is 0.337 e. The highest BCUT2D eigenvalue weighted by Gasteiger charge is 2.31. The van der Waals surface area contributed by atoms with Crippen molar-refractivity contribution >= 4 is 11.6 Å². The van der Waals surface area contributed by atoms with E-state index in [0.29, 0.717) is 13.1 Å². The summed E-state index contributed by atoms with van der Waals surface area (Å²) in [5.41, 5.74) is 0.851. The lowest BCUT2D eigenvalue weighted by Gasteiger charge is -2.18. The fourth-order valence-corrected chi connectivity index (χ4v) is 2.44. The highest BCUT2D eigenvalue weighted by Crippen LogP contribution is 2.18. The minimum Gasteiger partial charge on any atom is -0.337 e. The van der Waals surface area contributed by atoms with Gasteiger partial charge in [-0.05, 0) is 12.0 Å². The van der Waals surface area contributed by atoms with Crippen molar-refractivity contribution in [2.24, 2.45) is 0 Å². The van der Waals surface area contributed by atoms with Crippen LogP contribution in [0.25, 0.3) is 0 Å². The van der Waals surface area contributed by atoms with Crippen LogP contribution in [0.15, 0.2) is 24.3 Å². The zero-order valence-electron chi connectivity index (χ0n) is 11.7. The lowest BCUT2D eigenvalue weighted by atomic mass is 10.2. The number of non-ortho nitro benzene ring substituents is 1. The van der Waals surface area contributed by atoms with E-state index in [4.69, 9.17) is 0 Å². The highest BCUT2D eigenvalue weighted by molar-refractivity contribution is 5.84. The Morgan fingerprint density at radius 2 is 2.25 bits per heavy atom. The van der Waals surface area contributed by atoms with Gasteiger partial charge in [-0.2, -0.15) is 0 Å². The first-order chi connectivity index (χ1) is 9.47. The molecule has 1 fully saturated rings. The normalized spacial score (nSPS) is 18.9. The second kappa shape index (κ2) is 6.00. The Hall–Kier alpha value is -1.95. The number of hydrogen-bond donors (Lipinski definition) is 1. The second-order valence-electron chi connectivity index (χ2n) is 5.35. The number of rotatable bonds is 5. The third-order valence-corrected chi connectivity index (χ3v) is 3.33. The number of likely N-dealkylation sites (tertiary alicyclic amines) is 1. The number of carbonyl (C=O) groups excluding carboxylic acids is 1. The zero-order valence-corrected chi connectivity index (χ0v) is 11.7. The van der Waals surface area contributed by atoms with Crippen LogP contribution in [0.5, 0.6) is 0 Å². The summed E-state index contributed by atoms with van der Waals surface area (Å²) in [6.07, 6.45) is 0.784. The highest BCUT2D eigenvalue weighted by atomic mass is 16.6. The SMILES string of the molecule is CC(C)NC1CCN(Cc2cccc([N+](=O)[O-])c2)C1=O. The van der Waals surface area contributed by atoms with Gasteiger partial charge in [-0.15, -0.1) is 0 Å². The summed E-state index contributed by atoms with van der Waals surface area (Å²) in [4.78, 5) is 24.3. The van der Waals surface area contributed by atoms with Crippen molar-refractivity contribution in [1.82, 2.24) is 10.2 Å². The molecule has 1 aliphatic rings. The first-order valence-corrected chi connectivity index (χ1v) is 6.75. The van der Waals surface area contributed by atoms with Crippen molar-refractivity contribution < 1.29 is 9.72 Å². The molecule has 1 amide bonds. The van der Waals surface area contributed by atoms with Crippen LogP contribution in [0.1, 0.15) is 25.8 Å². The first-order valence-electron chi connectivity index (χ1n) is 6.75. The van der Waals surface area contributed by atoms with Gasteiger partial charge < -0.3 is 10.2 Å². The summed E-state index contributed by atoms with van der Waals surface area (Å²) in [6.45, 7) is 5.13. The first kappa shape index (κ1) is 14.5. The van der Waals surface area contributed by atoms with E-state index in [2.05, 4.69) is 5.32 Å². The van der Waals surface area contributed by atoms with Gasteiger partial charge in [0.1, 0.15) is 0 Å². The predicted octanol–water partition coefficient (Wildman–Crippen LogP) is 1.69. The Morgan fingerprint density at radius 1 is 1.50 bits per heavy atom. The van der Waals surface area contributed by atoms with Crippen molar-refractivity contribution in [3.8, 4) is 0 Å². The quantitative estimate of drug-likeness (QED) is 0.656. The van der Waals surface area contributed by atoms with E-state index in [-0.39, 0.29) is 23.7 Å². The topological polar surface area (TPSA) is 75.5 Å². The molecule has 1 aliphatic heterocycles. The standard InChI is InChI=1S/C14H19N3O3/c1-10(2)15-13-6-7-16(14(13)18)9-11-4-3-5-12(8-11)17(19)20/h3-5,8,10,13,15H,6-7,9H2,1-2H3. The van der Waals surface area contributed by atoms with E-state index in [1.165, 1.54) is 12.1 Å². The number of benzene rings is 1. The molecular formula is C14H19N3O3. The van der Waals surface area contributed by atoms with Gasteiger partial charge in [-0.25, -0.2) is 0 Å². The van der Waals surface area contributed by atoms with Gasteiger partial charge in [-0.3, -0.25) is 14.9 Å². The molecular weight excluding hydrogens is 258 g/mol. The van der Waals surface area contributed by atoms with E-state index in [9.17, 15) is 14.9 Å². The van der Waals surface area contributed by atoms with Crippen molar-refractivity contribution in [2.75, 3.05) is 6.54 Å². The number of nitrogens with zero attached hydrogens (tertiary/aromatic N) is 2. The van der Waals surface area contributed by atoms with Crippen molar-refractivity contribution in [1.29, 1.82) is 0 Å². The molecule has 1 unspecified atom stereocenters. The van der Waals surface area contributed by atoms with E-state index in [1.807, 2.05) is 19.9 Å². The molecule has 1 aromatic carbocycles. The van der Waals surface area contributed by atoms with Crippen LogP contribution in [0, 0.1) is 10.1 Å². The number of nitrogens with one attached hydrogen (secondary N) is 1. The molecule has 6 nitrogen and oxygen atoms in total. The Labute approximate surface area is 117 Å². The molecule has 0 bridgehead atoms. The molecule has 20 heavy (non-hydrogen) atoms. The van der Waals surface area contributed by atoms with Gasteiger partial charge in [0.05, 0.1) is 11.0 Å². The fraction of sp³-hybridized carbons (Fsp3) is 0.500. The van der Waals surface area contributed by atoms with Gasteiger partial charge in [0.2, 0.25) is 5.91 Å². The Balaban J connectivity index is 2.02. The molecule has 1 heterocycles. The zero-order chi connectivity index (χ0) is 14.7. The second-order valence-corrected chi connectivity index (χ2v) is 5.35. The van der Waals surface area contributed by atoms with Crippen LogP contribution in [0.3, 0.4) is 0 Å². The van der Waals surface area contributed by atoms with Crippen LogP contribution in [-0.2, 0) is 11.3 Å². The summed E-state index contributed by atoms with van der Waals surface area (Å²) in [5.74, 6) is 0.0743. The smallest absolute Gasteiger partial charge is 0.269 e. The summed E-state index contributed by atoms with van der Waals surface area (Å²) in [7, 11) is 0. The average Bonchev–Trinajstić information content (AvgIpc) is 2.71. The molecule has 0 aromatic heterocycles. The molecule has 1 N–H and O–H groups in total. The maximum Gasteiger partial charge on any atom is 0.269 e. The van der Waals surface area contributed by atoms with Gasteiger partial charge >= 0.3 is 0 Å². The minimum atomic E-state index is -0.418. The van der Waals surface area contributed by atoms with Crippen LogP contribution in [-0.4, -0.2) is 34.4 Å². The monoisotopic (exact) mass is 277 g/mol. The van der Waals surface area contributed by atoms with E-state index >= 15 is 0 Å². The van der Waals surface area contributed by atoms with Gasteiger partial charge in [-0.1, -0.05) is 26.0 Å². The van der Waals surface area contributed by atoms with Crippen LogP contribution < -0.4 is 5.32 Å². The van der Waals surface area contributed by atoms with E-state index < -0.39 is 4.92 Å². The summed E-state index contributed by atoms with van der Waals surface area (Å²) >= 11 is 0. The summed E-state index contributed by atoms with van der Waals surface area (Å²) < 4.78 is 0. The Bertz CT molecular complexity index is 516. The van der Waals surface area contributed by atoms with Crippen molar-refractivity contribution in [3.05, 3.63) is 39.9 Å². The summed E-state index contributed by atoms with van der Waals surface area (Å²) in [6, 6.07) is 6.58. The minimum absolute atomic E-state index is 0.0611. The van der Waals surface area contributed by atoms with Gasteiger partial charge in [0.25, 0.3) is 5.69 Å². The molecule has 1 atom stereocenters. The molecule has 0 saturated carbocycles. The molecule has 1 saturated heterocycles. The number of nitro groups is 1. The fourth-order valence-electron chi connectivity index (χ4n) is 2.44. The van der Waals surface area contributed by atoms with Gasteiger partial charge in [0, 0.05) is 31.3 Å².